The number of aromatic nitrogens is 1. The van der Waals surface area contributed by atoms with E-state index >= 15 is 0 Å². The highest BCUT2D eigenvalue weighted by atomic mass is 79.9. The number of carbonyl (C=O) groups excluding carboxylic acids is 2. The molecule has 0 saturated carbocycles. The van der Waals surface area contributed by atoms with Gasteiger partial charge in [0.2, 0.25) is 5.43 Å². The fraction of sp³-hybridized carbons (Fsp3) is 0.300. The molecule has 4 atom stereocenters. The van der Waals surface area contributed by atoms with E-state index in [1.165, 1.54) is 17.3 Å². The molecule has 2 bridgehead atoms. The second-order valence-corrected chi connectivity index (χ2v) is 12.2. The first-order valence-corrected chi connectivity index (χ1v) is 14.8. The highest BCUT2D eigenvalue weighted by Gasteiger charge is 2.54. The topological polar surface area (TPSA) is 107 Å². The lowest BCUT2D eigenvalue weighted by atomic mass is 9.88. The molecule has 1 saturated heterocycles. The lowest BCUT2D eigenvalue weighted by Crippen LogP contribution is -2.53. The highest BCUT2D eigenvalue weighted by Crippen LogP contribution is 2.48. The Morgan fingerprint density at radius 3 is 2.67 bits per heavy atom. The molecule has 2 N–H and O–H groups in total. The van der Waals surface area contributed by atoms with E-state index in [4.69, 9.17) is 26.9 Å². The van der Waals surface area contributed by atoms with E-state index < -0.39 is 50.5 Å². The van der Waals surface area contributed by atoms with Crippen molar-refractivity contribution in [2.75, 3.05) is 6.54 Å². The van der Waals surface area contributed by atoms with Gasteiger partial charge in [-0.1, -0.05) is 76.1 Å². The number of pyridine rings is 1. The zero-order valence-corrected chi connectivity index (χ0v) is 25.1. The normalized spacial score (nSPS) is 24.7. The summed E-state index contributed by atoms with van der Waals surface area (Å²) >= 11 is 9.43. The van der Waals surface area contributed by atoms with E-state index in [-0.39, 0.29) is 48.3 Å². The molecule has 1 aromatic heterocycles. The molecule has 2 amide bonds. The fourth-order valence-electron chi connectivity index (χ4n) is 5.81. The van der Waals surface area contributed by atoms with Crippen LogP contribution in [0.1, 0.15) is 51.4 Å². The van der Waals surface area contributed by atoms with Crippen LogP contribution < -0.4 is 15.9 Å². The number of fused-ring (bicyclic) bond motifs is 5. The second kappa shape index (κ2) is 11.2. The minimum Gasteiger partial charge on any atom is -0.483 e. The van der Waals surface area contributed by atoms with Crippen molar-refractivity contribution in [1.29, 1.82) is 0 Å². The number of rotatable bonds is 6. The Kier molecular flexibility index (Phi) is 7.66. The van der Waals surface area contributed by atoms with Crippen LogP contribution in [0.3, 0.4) is 0 Å². The lowest BCUT2D eigenvalue weighted by molar-refractivity contribution is -0.200. The van der Waals surface area contributed by atoms with Gasteiger partial charge in [-0.2, -0.15) is 5.06 Å². The van der Waals surface area contributed by atoms with Crippen molar-refractivity contribution >= 4 is 39.3 Å². The molecular formula is C30H26BrClF2N4O5. The standard InChI is InChI=1S/C30H26BrClF2N4O5/c1-16-9-10-30(11-22(31)38(43-30)12-18-7-8-20(33)23(32)24(18)34)21-14-36(16)29(41)25-27(42-15-17-5-3-2-4-6-17)26(39)19(28(35)40)13-37(21)25/h2-10,13,16,21-22H,11-12,14-15H2,1H3,(H2,35,40)/t16-,21+,22?,30-/m0/s1. The number of carbonyl (C=O) groups is 2. The summed E-state index contributed by atoms with van der Waals surface area (Å²) in [5.74, 6) is -3.46. The number of nitrogens with zero attached hydrogens (tertiary/aromatic N) is 3. The molecule has 9 nitrogen and oxygen atoms in total. The Bertz CT molecular complexity index is 1720. The molecule has 1 unspecified atom stereocenters. The minimum absolute atomic E-state index is 0.0261. The highest BCUT2D eigenvalue weighted by molar-refractivity contribution is 9.09. The van der Waals surface area contributed by atoms with Gasteiger partial charge in [-0.25, -0.2) is 8.78 Å². The minimum atomic E-state index is -1.12. The van der Waals surface area contributed by atoms with Gasteiger partial charge in [0.05, 0.1) is 17.5 Å². The van der Waals surface area contributed by atoms with Gasteiger partial charge < -0.3 is 19.9 Å². The van der Waals surface area contributed by atoms with Crippen LogP contribution in [0.4, 0.5) is 8.78 Å². The number of hydroxylamine groups is 2. The maximum absolute atomic E-state index is 14.8. The summed E-state index contributed by atoms with van der Waals surface area (Å²) in [5, 5.41) is 0.902. The van der Waals surface area contributed by atoms with E-state index in [0.29, 0.717) is 6.42 Å². The number of halogens is 4. The quantitative estimate of drug-likeness (QED) is 0.176. The van der Waals surface area contributed by atoms with Crippen LogP contribution in [0.5, 0.6) is 5.75 Å². The fourth-order valence-corrected chi connectivity index (χ4v) is 6.73. The summed E-state index contributed by atoms with van der Waals surface area (Å²) in [7, 11) is 0. The number of benzene rings is 2. The number of hydrogen-bond acceptors (Lipinski definition) is 6. The van der Waals surface area contributed by atoms with Gasteiger partial charge in [-0.3, -0.25) is 19.2 Å². The van der Waals surface area contributed by atoms with Gasteiger partial charge in [-0.05, 0) is 18.6 Å². The summed E-state index contributed by atoms with van der Waals surface area (Å²) < 4.78 is 36.1. The van der Waals surface area contributed by atoms with Crippen molar-refractivity contribution in [3.05, 3.63) is 110 Å². The third-order valence-electron chi connectivity index (χ3n) is 8.09. The molecule has 0 radical (unpaired) electrons. The molecule has 13 heteroatoms. The molecular weight excluding hydrogens is 650 g/mol. The van der Waals surface area contributed by atoms with Gasteiger partial charge in [0.25, 0.3) is 11.8 Å². The van der Waals surface area contributed by atoms with E-state index in [1.54, 1.807) is 9.47 Å². The Morgan fingerprint density at radius 1 is 1.21 bits per heavy atom. The summed E-state index contributed by atoms with van der Waals surface area (Å²) in [6.45, 7) is 1.91. The molecule has 6 rings (SSSR count). The average Bonchev–Trinajstić information content (AvgIpc) is 3.24. The first kappa shape index (κ1) is 29.5. The summed E-state index contributed by atoms with van der Waals surface area (Å²) in [6, 6.07) is 10.4. The van der Waals surface area contributed by atoms with E-state index in [9.17, 15) is 23.2 Å². The second-order valence-electron chi connectivity index (χ2n) is 10.8. The third kappa shape index (κ3) is 5.05. The van der Waals surface area contributed by atoms with Crippen molar-refractivity contribution in [1.82, 2.24) is 14.5 Å². The predicted octanol–water partition coefficient (Wildman–Crippen LogP) is 4.71. The molecule has 3 aromatic rings. The molecule has 3 aliphatic rings. The molecule has 0 aliphatic carbocycles. The average molecular weight is 676 g/mol. The van der Waals surface area contributed by atoms with Crippen LogP contribution in [-0.2, 0) is 18.0 Å². The van der Waals surface area contributed by atoms with Crippen molar-refractivity contribution in [3.63, 3.8) is 0 Å². The summed E-state index contributed by atoms with van der Waals surface area (Å²) in [4.78, 5) is 47.6. The van der Waals surface area contributed by atoms with E-state index in [1.807, 2.05) is 49.4 Å². The molecule has 224 valence electrons. The van der Waals surface area contributed by atoms with Crippen molar-refractivity contribution < 1.29 is 27.9 Å². The first-order chi connectivity index (χ1) is 20.5. The zero-order valence-electron chi connectivity index (χ0n) is 22.8. The van der Waals surface area contributed by atoms with Crippen LogP contribution in [0.2, 0.25) is 5.02 Å². The SMILES string of the molecule is C[C@H]1C=C[C@]2(CC(Br)N(Cc3ccc(F)c(Cl)c3F)O2)[C@H]2CN1C(=O)c1c(OCc3ccccc3)c(=O)c(C(N)=O)cn12. The van der Waals surface area contributed by atoms with E-state index in [2.05, 4.69) is 15.9 Å². The molecule has 2 aromatic carbocycles. The molecule has 43 heavy (non-hydrogen) atoms. The van der Waals surface area contributed by atoms with Crippen LogP contribution in [0.15, 0.2) is 65.6 Å². The Morgan fingerprint density at radius 2 is 1.95 bits per heavy atom. The van der Waals surface area contributed by atoms with Gasteiger partial charge in [0.15, 0.2) is 11.4 Å². The van der Waals surface area contributed by atoms with Crippen molar-refractivity contribution in [2.24, 2.45) is 5.73 Å². The zero-order chi connectivity index (χ0) is 30.6. The Labute approximate surface area is 258 Å². The number of alkyl halides is 1. The van der Waals surface area contributed by atoms with Crippen LogP contribution in [0, 0.1) is 11.6 Å². The number of hydrogen-bond donors (Lipinski definition) is 1. The number of ether oxygens (including phenoxy) is 1. The summed E-state index contributed by atoms with van der Waals surface area (Å²) in [5.41, 5.74) is 4.23. The largest absolute Gasteiger partial charge is 0.483 e. The number of nitrogens with two attached hydrogens (primary N) is 1. The predicted molar refractivity (Wildman–Crippen MR) is 157 cm³/mol. The molecule has 3 aliphatic heterocycles. The van der Waals surface area contributed by atoms with Crippen molar-refractivity contribution in [2.45, 2.75) is 49.1 Å². The van der Waals surface area contributed by atoms with Crippen LogP contribution in [-0.4, -0.2) is 49.5 Å². The smallest absolute Gasteiger partial charge is 0.275 e. The van der Waals surface area contributed by atoms with Gasteiger partial charge >= 0.3 is 0 Å². The summed E-state index contributed by atoms with van der Waals surface area (Å²) in [6.07, 6.45) is 5.30. The first-order valence-electron chi connectivity index (χ1n) is 13.5. The number of amides is 2. The van der Waals surface area contributed by atoms with Gasteiger partial charge in [0, 0.05) is 30.8 Å². The molecule has 1 fully saturated rings. The van der Waals surface area contributed by atoms with Gasteiger partial charge in [-0.15, -0.1) is 0 Å². The Hall–Kier alpha value is -3.58. The van der Waals surface area contributed by atoms with Crippen LogP contribution in [0.25, 0.3) is 0 Å². The Balaban J connectivity index is 1.44. The lowest BCUT2D eigenvalue weighted by Gasteiger charge is -2.42. The van der Waals surface area contributed by atoms with Crippen LogP contribution >= 0.6 is 27.5 Å². The van der Waals surface area contributed by atoms with Gasteiger partial charge in [0.1, 0.15) is 34.4 Å². The van der Waals surface area contributed by atoms with E-state index in [0.717, 1.165) is 11.6 Å². The maximum atomic E-state index is 14.8. The molecule has 4 heterocycles. The molecule has 1 spiro atoms. The van der Waals surface area contributed by atoms with Crippen molar-refractivity contribution in [3.8, 4) is 5.75 Å². The number of primary amides is 1. The maximum Gasteiger partial charge on any atom is 0.275 e. The monoisotopic (exact) mass is 674 g/mol. The third-order valence-corrected chi connectivity index (χ3v) is 9.22.